The predicted octanol–water partition coefficient (Wildman–Crippen LogP) is 3.70. The number of ether oxygens (including phenoxy) is 1. The van der Waals surface area contributed by atoms with Gasteiger partial charge in [0, 0.05) is 41.3 Å². The van der Waals surface area contributed by atoms with Gasteiger partial charge in [-0.15, -0.1) is 0 Å². The van der Waals surface area contributed by atoms with Crippen LogP contribution in [-0.4, -0.2) is 40.6 Å². The normalized spacial score (nSPS) is 20.8. The summed E-state index contributed by atoms with van der Waals surface area (Å²) in [5, 5.41) is 9.53. The van der Waals surface area contributed by atoms with Crippen LogP contribution in [0, 0.1) is 5.92 Å². The molecule has 1 saturated carbocycles. The maximum atomic E-state index is 6.58. The zero-order valence-electron chi connectivity index (χ0n) is 14.7. The van der Waals surface area contributed by atoms with Gasteiger partial charge in [-0.2, -0.15) is 5.10 Å². The Morgan fingerprint density at radius 2 is 2.08 bits per heavy atom. The molecule has 140 valence electrons. The Bertz CT molecular complexity index is 727. The average Bonchev–Trinajstić information content (AvgIpc) is 3.36. The highest BCUT2D eigenvalue weighted by Crippen LogP contribution is 2.40. The van der Waals surface area contributed by atoms with Crippen molar-refractivity contribution >= 4 is 23.2 Å². The molecule has 0 radical (unpaired) electrons. The molecule has 0 unspecified atom stereocenters. The lowest BCUT2D eigenvalue weighted by molar-refractivity contribution is 0.0483. The lowest BCUT2D eigenvalue weighted by Gasteiger charge is -2.39. The summed E-state index contributed by atoms with van der Waals surface area (Å²) in [7, 11) is 0. The third kappa shape index (κ3) is 4.06. The first-order valence-electron chi connectivity index (χ1n) is 9.25. The molecule has 1 saturated heterocycles. The highest BCUT2D eigenvalue weighted by molar-refractivity contribution is 6.35. The van der Waals surface area contributed by atoms with Crippen LogP contribution >= 0.6 is 23.2 Å². The molecular formula is C19H24Cl2N4O. The molecule has 2 heterocycles. The van der Waals surface area contributed by atoms with Crippen molar-refractivity contribution in [1.82, 2.24) is 20.1 Å². The first-order chi connectivity index (χ1) is 12.7. The Hall–Kier alpha value is -1.14. The maximum absolute atomic E-state index is 6.58. The van der Waals surface area contributed by atoms with Crippen LogP contribution < -0.4 is 5.32 Å². The van der Waals surface area contributed by atoms with E-state index in [0.29, 0.717) is 11.1 Å². The van der Waals surface area contributed by atoms with Gasteiger partial charge < -0.3 is 10.1 Å². The number of rotatable bonds is 7. The summed E-state index contributed by atoms with van der Waals surface area (Å²) < 4.78 is 7.56. The smallest absolute Gasteiger partial charge is 0.137 e. The largest absolute Gasteiger partial charge is 0.381 e. The number of aromatic nitrogens is 3. The second-order valence-corrected chi connectivity index (χ2v) is 8.30. The number of benzene rings is 1. The van der Waals surface area contributed by atoms with Gasteiger partial charge in [0.15, 0.2) is 0 Å². The molecule has 1 N–H and O–H groups in total. The molecule has 7 heteroatoms. The Kier molecular flexibility index (Phi) is 5.50. The zero-order chi connectivity index (χ0) is 18.0. The number of hydrogen-bond acceptors (Lipinski definition) is 4. The average molecular weight is 395 g/mol. The number of nitrogens with one attached hydrogen (secondary N) is 1. The molecule has 1 aliphatic heterocycles. The fourth-order valence-electron chi connectivity index (χ4n) is 3.96. The summed E-state index contributed by atoms with van der Waals surface area (Å²) in [6.45, 7) is 3.26. The summed E-state index contributed by atoms with van der Waals surface area (Å²) in [6.07, 6.45) is 7.87. The Morgan fingerprint density at radius 1 is 1.27 bits per heavy atom. The van der Waals surface area contributed by atoms with Crippen molar-refractivity contribution in [2.45, 2.75) is 43.7 Å². The zero-order valence-corrected chi connectivity index (χ0v) is 16.2. The molecule has 1 aromatic carbocycles. The second kappa shape index (κ2) is 7.85. The summed E-state index contributed by atoms with van der Waals surface area (Å²) in [5.41, 5.74) is 1.16. The van der Waals surface area contributed by atoms with Crippen LogP contribution in [0.3, 0.4) is 0 Å². The molecule has 26 heavy (non-hydrogen) atoms. The highest BCUT2D eigenvalue weighted by Gasteiger charge is 2.38. The lowest BCUT2D eigenvalue weighted by Crippen LogP contribution is -2.47. The predicted molar refractivity (Wildman–Crippen MR) is 103 cm³/mol. The van der Waals surface area contributed by atoms with Crippen LogP contribution in [0.15, 0.2) is 30.9 Å². The van der Waals surface area contributed by atoms with Gasteiger partial charge in [0.1, 0.15) is 12.7 Å². The van der Waals surface area contributed by atoms with E-state index >= 15 is 0 Å². The van der Waals surface area contributed by atoms with E-state index < -0.39 is 0 Å². The van der Waals surface area contributed by atoms with Gasteiger partial charge in [-0.25, -0.2) is 4.98 Å². The molecule has 0 amide bonds. The molecule has 2 aliphatic rings. The third-order valence-electron chi connectivity index (χ3n) is 5.70. The quantitative estimate of drug-likeness (QED) is 0.777. The summed E-state index contributed by atoms with van der Waals surface area (Å²) in [5.74, 6) is 0.719. The molecule has 2 aromatic rings. The van der Waals surface area contributed by atoms with Gasteiger partial charge in [0.2, 0.25) is 0 Å². The van der Waals surface area contributed by atoms with Gasteiger partial charge >= 0.3 is 0 Å². The fourth-order valence-corrected chi connectivity index (χ4v) is 4.57. The minimum absolute atomic E-state index is 0.0184. The van der Waals surface area contributed by atoms with Crippen molar-refractivity contribution in [2.75, 3.05) is 19.8 Å². The molecule has 0 bridgehead atoms. The van der Waals surface area contributed by atoms with E-state index in [2.05, 4.69) is 21.5 Å². The SMILES string of the molecule is Clc1ccc(C2(CN[C@@H](Cn3cncn3)C3CC3)CCOCC2)c(Cl)c1. The van der Waals surface area contributed by atoms with E-state index in [9.17, 15) is 0 Å². The van der Waals surface area contributed by atoms with E-state index in [-0.39, 0.29) is 5.41 Å². The molecule has 2 fully saturated rings. The van der Waals surface area contributed by atoms with Crippen molar-refractivity contribution in [1.29, 1.82) is 0 Å². The fraction of sp³-hybridized carbons (Fsp3) is 0.579. The third-order valence-corrected chi connectivity index (χ3v) is 6.24. The van der Waals surface area contributed by atoms with Crippen molar-refractivity contribution in [3.8, 4) is 0 Å². The second-order valence-electron chi connectivity index (χ2n) is 7.46. The van der Waals surface area contributed by atoms with Crippen molar-refractivity contribution in [2.24, 2.45) is 5.92 Å². The highest BCUT2D eigenvalue weighted by atomic mass is 35.5. The standard InChI is InChI=1S/C19H24Cl2N4O/c20-15-3-4-16(17(21)9-15)19(5-7-26-8-6-19)11-23-18(14-1-2-14)10-25-13-22-12-24-25/h3-4,9,12-14,18,23H,1-2,5-8,10-11H2/t18-/m0/s1. The molecule has 5 nitrogen and oxygen atoms in total. The van der Waals surface area contributed by atoms with Crippen molar-refractivity contribution < 1.29 is 4.74 Å². The van der Waals surface area contributed by atoms with Crippen LogP contribution in [0.2, 0.25) is 10.0 Å². The molecule has 1 atom stereocenters. The van der Waals surface area contributed by atoms with Crippen LogP contribution in [0.1, 0.15) is 31.2 Å². The Balaban J connectivity index is 1.53. The van der Waals surface area contributed by atoms with Crippen LogP contribution in [0.5, 0.6) is 0 Å². The van der Waals surface area contributed by atoms with E-state index in [1.165, 1.54) is 18.4 Å². The Morgan fingerprint density at radius 3 is 2.73 bits per heavy atom. The van der Waals surface area contributed by atoms with Crippen molar-refractivity contribution in [3.63, 3.8) is 0 Å². The molecule has 4 rings (SSSR count). The first kappa shape index (κ1) is 18.2. The minimum Gasteiger partial charge on any atom is -0.381 e. The van der Waals surface area contributed by atoms with Crippen molar-refractivity contribution in [3.05, 3.63) is 46.5 Å². The van der Waals surface area contributed by atoms with Crippen LogP contribution in [-0.2, 0) is 16.7 Å². The van der Waals surface area contributed by atoms with Gasteiger partial charge in [-0.1, -0.05) is 29.3 Å². The number of hydrogen-bond donors (Lipinski definition) is 1. The topological polar surface area (TPSA) is 52.0 Å². The monoisotopic (exact) mass is 394 g/mol. The number of halogens is 2. The van der Waals surface area contributed by atoms with Crippen LogP contribution in [0.4, 0.5) is 0 Å². The van der Waals surface area contributed by atoms with Gasteiger partial charge in [-0.05, 0) is 49.3 Å². The number of nitrogens with zero attached hydrogens (tertiary/aromatic N) is 3. The molecule has 1 aromatic heterocycles. The van der Waals surface area contributed by atoms with E-state index in [4.69, 9.17) is 27.9 Å². The lowest BCUT2D eigenvalue weighted by atomic mass is 9.74. The van der Waals surface area contributed by atoms with E-state index in [1.54, 1.807) is 12.7 Å². The van der Waals surface area contributed by atoms with Gasteiger partial charge in [-0.3, -0.25) is 4.68 Å². The summed E-state index contributed by atoms with van der Waals surface area (Å²) in [4.78, 5) is 4.06. The van der Waals surface area contributed by atoms with Crippen LogP contribution in [0.25, 0.3) is 0 Å². The summed E-state index contributed by atoms with van der Waals surface area (Å²) >= 11 is 12.7. The van der Waals surface area contributed by atoms with E-state index in [0.717, 1.165) is 50.1 Å². The molecular weight excluding hydrogens is 371 g/mol. The summed E-state index contributed by atoms with van der Waals surface area (Å²) in [6, 6.07) is 6.28. The minimum atomic E-state index is -0.0184. The molecule has 1 aliphatic carbocycles. The van der Waals surface area contributed by atoms with E-state index in [1.807, 2.05) is 16.8 Å². The van der Waals surface area contributed by atoms with Gasteiger partial charge in [0.05, 0.1) is 6.54 Å². The Labute approximate surface area is 164 Å². The van der Waals surface area contributed by atoms with Gasteiger partial charge in [0.25, 0.3) is 0 Å². The maximum Gasteiger partial charge on any atom is 0.137 e. The molecule has 0 spiro atoms. The first-order valence-corrected chi connectivity index (χ1v) is 10.0.